The third-order valence-corrected chi connectivity index (χ3v) is 11.1. The highest BCUT2D eigenvalue weighted by Gasteiger charge is 2.38. The number of benzene rings is 3. The van der Waals surface area contributed by atoms with Crippen LogP contribution in [0.5, 0.6) is 0 Å². The molecule has 0 aliphatic carbocycles. The molecule has 69 heavy (non-hydrogen) atoms. The molecule has 0 spiro atoms. The van der Waals surface area contributed by atoms with Crippen LogP contribution in [-0.2, 0) is 56.1 Å². The number of aryl methyl sites for hydroxylation is 1. The first-order valence-electron chi connectivity index (χ1n) is 23.4. The molecule has 0 heterocycles. The van der Waals surface area contributed by atoms with Gasteiger partial charge in [0, 0.05) is 12.8 Å². The molecule has 0 saturated heterocycles. The van der Waals surface area contributed by atoms with E-state index in [1.165, 1.54) is 0 Å². The average molecular weight is 954 g/mol. The highest BCUT2D eigenvalue weighted by Crippen LogP contribution is 2.21. The lowest BCUT2D eigenvalue weighted by atomic mass is 9.85. The summed E-state index contributed by atoms with van der Waals surface area (Å²) in [4.78, 5) is 108. The molecule has 0 saturated carbocycles. The Labute approximate surface area is 405 Å². The van der Waals surface area contributed by atoms with E-state index in [1.807, 2.05) is 100 Å². The molecule has 17 heteroatoms. The number of hydrogen-bond acceptors (Lipinski definition) is 10. The summed E-state index contributed by atoms with van der Waals surface area (Å²) in [6.07, 6.45) is 4.71. The van der Waals surface area contributed by atoms with Gasteiger partial charge >= 0.3 is 0 Å². The largest absolute Gasteiger partial charge is 0.394 e. The van der Waals surface area contributed by atoms with Gasteiger partial charge < -0.3 is 47.5 Å². The minimum atomic E-state index is -1.45. The fraction of sp³-hybridized carbons (Fsp3) is 0.462. The van der Waals surface area contributed by atoms with Crippen LogP contribution in [0.3, 0.4) is 0 Å². The standard InChI is InChI=1S/C52H71N7O10/c1-8-9-26-38(44(62)46(53)63)55-47(64)39(28-33(2)3)57-51(68)45(52(5,6)7)59-48(65)40(29-37-25-17-16-19-34(37)4)56-50(67)42(32-69-31-36-22-14-11-15-23-36)58-49(66)41(30-60)54-43(61)27-18-24-35-20-12-10-13-21-35/h10-25,33,38-42,45,60H,8-9,26-32H2,1-7H3,(H2,53,63)(H,54,61)(H,55,64)(H,56,67)(H,57,68)(H,58,66)(H,59,65)/t38-,39-,40-,41-,42+,45+/m0/s1. The van der Waals surface area contributed by atoms with Crippen molar-refractivity contribution in [1.82, 2.24) is 31.9 Å². The Balaban J connectivity index is 1.92. The molecule has 0 aliphatic rings. The third-order valence-electron chi connectivity index (χ3n) is 11.1. The van der Waals surface area contributed by atoms with E-state index in [4.69, 9.17) is 10.5 Å². The number of carbonyl (C=O) groups excluding carboxylic acids is 8. The zero-order chi connectivity index (χ0) is 51.1. The maximum absolute atomic E-state index is 14.6. The number of carbonyl (C=O) groups is 8. The van der Waals surface area contributed by atoms with E-state index in [9.17, 15) is 43.5 Å². The topological polar surface area (TPSA) is 264 Å². The van der Waals surface area contributed by atoms with E-state index in [1.54, 1.807) is 45.1 Å². The molecule has 17 nitrogen and oxygen atoms in total. The SMILES string of the molecule is CCCC[C@H](NC(=O)[C@H](CC(C)C)NC(=O)[C@@H](NC(=O)[C@H](Cc1ccccc1C)NC(=O)[C@@H](COCc1ccccc1)NC(=O)[C@H](CO)NC(=O)CC=Cc1ccccc1)C(C)(C)C)C(=O)C(N)=O. The zero-order valence-corrected chi connectivity index (χ0v) is 40.8. The second-order valence-corrected chi connectivity index (χ2v) is 18.5. The molecule has 6 atom stereocenters. The second kappa shape index (κ2) is 28.6. The number of ketones is 1. The second-order valence-electron chi connectivity index (χ2n) is 18.5. The van der Waals surface area contributed by atoms with Crippen molar-refractivity contribution in [1.29, 1.82) is 0 Å². The molecule has 7 amide bonds. The van der Waals surface area contributed by atoms with Crippen molar-refractivity contribution in [3.63, 3.8) is 0 Å². The van der Waals surface area contributed by atoms with Gasteiger partial charge in [-0.3, -0.25) is 38.4 Å². The third kappa shape index (κ3) is 19.8. The molecule has 3 aromatic carbocycles. The molecule has 0 radical (unpaired) electrons. The lowest BCUT2D eigenvalue weighted by Crippen LogP contribution is -2.62. The summed E-state index contributed by atoms with van der Waals surface area (Å²) in [5, 5.41) is 26.2. The Hall–Kier alpha value is -6.72. The number of rotatable bonds is 28. The van der Waals surface area contributed by atoms with E-state index in [2.05, 4.69) is 31.9 Å². The zero-order valence-electron chi connectivity index (χ0n) is 40.8. The predicted molar refractivity (Wildman–Crippen MR) is 262 cm³/mol. The van der Waals surface area contributed by atoms with Crippen molar-refractivity contribution in [2.75, 3.05) is 13.2 Å². The fourth-order valence-electron chi connectivity index (χ4n) is 7.18. The van der Waals surface area contributed by atoms with E-state index >= 15 is 0 Å². The molecule has 3 aromatic rings. The maximum Gasteiger partial charge on any atom is 0.287 e. The van der Waals surface area contributed by atoms with Crippen molar-refractivity contribution >= 4 is 53.2 Å². The average Bonchev–Trinajstić information content (AvgIpc) is 3.30. The van der Waals surface area contributed by atoms with Gasteiger partial charge in [-0.1, -0.05) is 151 Å². The van der Waals surface area contributed by atoms with Crippen LogP contribution in [0.4, 0.5) is 0 Å². The summed E-state index contributed by atoms with van der Waals surface area (Å²) < 4.78 is 5.90. The van der Waals surface area contributed by atoms with Crippen molar-refractivity contribution in [3.8, 4) is 0 Å². The molecule has 374 valence electrons. The van der Waals surface area contributed by atoms with Gasteiger partial charge in [0.25, 0.3) is 5.91 Å². The lowest BCUT2D eigenvalue weighted by molar-refractivity contribution is -0.139. The molecule has 0 unspecified atom stereocenters. The number of Topliss-reactive ketones (excluding diaryl/α,β-unsaturated/α-hetero) is 1. The van der Waals surface area contributed by atoms with Crippen molar-refractivity contribution in [2.24, 2.45) is 17.1 Å². The van der Waals surface area contributed by atoms with Gasteiger partial charge in [-0.2, -0.15) is 0 Å². The predicted octanol–water partition coefficient (Wildman–Crippen LogP) is 3.10. The van der Waals surface area contributed by atoms with Gasteiger partial charge in [-0.05, 0) is 53.4 Å². The van der Waals surface area contributed by atoms with Crippen LogP contribution in [0.25, 0.3) is 6.08 Å². The normalized spacial score (nSPS) is 14.0. The fourth-order valence-corrected chi connectivity index (χ4v) is 7.18. The highest BCUT2D eigenvalue weighted by molar-refractivity contribution is 6.37. The highest BCUT2D eigenvalue weighted by atomic mass is 16.5. The molecular formula is C52H71N7O10. The summed E-state index contributed by atoms with van der Waals surface area (Å²) in [6, 6.07) is 17.7. The van der Waals surface area contributed by atoms with Crippen molar-refractivity contribution in [2.45, 2.75) is 130 Å². The Bertz CT molecular complexity index is 2210. The monoisotopic (exact) mass is 954 g/mol. The minimum absolute atomic E-state index is 0.0501. The Morgan fingerprint density at radius 1 is 0.681 bits per heavy atom. The number of aliphatic hydroxyl groups is 1. The Morgan fingerprint density at radius 3 is 1.83 bits per heavy atom. The van der Waals surface area contributed by atoms with Crippen LogP contribution in [0.15, 0.2) is 91.0 Å². The van der Waals surface area contributed by atoms with Gasteiger partial charge in [-0.25, -0.2) is 0 Å². The van der Waals surface area contributed by atoms with E-state index < -0.39 is 95.4 Å². The number of nitrogens with two attached hydrogens (primary N) is 1. The first kappa shape index (κ1) is 56.6. The van der Waals surface area contributed by atoms with Crippen molar-refractivity contribution < 1.29 is 48.2 Å². The Kier molecular flexibility index (Phi) is 23.4. The number of hydrogen-bond donors (Lipinski definition) is 8. The number of amides is 7. The summed E-state index contributed by atoms with van der Waals surface area (Å²) >= 11 is 0. The summed E-state index contributed by atoms with van der Waals surface area (Å²) in [6.45, 7) is 11.4. The van der Waals surface area contributed by atoms with Gasteiger partial charge in [0.2, 0.25) is 41.2 Å². The smallest absolute Gasteiger partial charge is 0.287 e. The molecule has 0 fully saturated rings. The molecule has 0 bridgehead atoms. The quantitative estimate of drug-likeness (QED) is 0.0493. The summed E-state index contributed by atoms with van der Waals surface area (Å²) in [5.41, 5.74) is 7.45. The molecule has 9 N–H and O–H groups in total. The minimum Gasteiger partial charge on any atom is -0.394 e. The van der Waals surface area contributed by atoms with Gasteiger partial charge in [-0.15, -0.1) is 0 Å². The van der Waals surface area contributed by atoms with Crippen LogP contribution in [0.1, 0.15) is 95.9 Å². The lowest BCUT2D eigenvalue weighted by Gasteiger charge is -2.34. The van der Waals surface area contributed by atoms with Crippen LogP contribution in [0.2, 0.25) is 0 Å². The van der Waals surface area contributed by atoms with Crippen LogP contribution in [0, 0.1) is 18.3 Å². The molecule has 0 aliphatic heterocycles. The number of aliphatic hydroxyl groups excluding tert-OH is 1. The van der Waals surface area contributed by atoms with Crippen molar-refractivity contribution in [3.05, 3.63) is 113 Å². The van der Waals surface area contributed by atoms with Gasteiger partial charge in [0.15, 0.2) is 0 Å². The van der Waals surface area contributed by atoms with Gasteiger partial charge in [0.1, 0.15) is 30.2 Å². The molecular weight excluding hydrogens is 883 g/mol. The van der Waals surface area contributed by atoms with E-state index in [-0.39, 0.29) is 44.8 Å². The van der Waals surface area contributed by atoms with E-state index in [0.717, 1.165) is 16.7 Å². The summed E-state index contributed by atoms with van der Waals surface area (Å²) in [5.74, 6) is -6.76. The van der Waals surface area contributed by atoms with Crippen LogP contribution < -0.4 is 37.6 Å². The van der Waals surface area contributed by atoms with Gasteiger partial charge in [0.05, 0.1) is 25.9 Å². The first-order valence-corrected chi connectivity index (χ1v) is 23.4. The maximum atomic E-state index is 14.6. The van der Waals surface area contributed by atoms with Crippen LogP contribution in [-0.4, -0.2) is 102 Å². The number of primary amides is 1. The van der Waals surface area contributed by atoms with E-state index in [0.29, 0.717) is 18.4 Å². The number of ether oxygens (including phenoxy) is 1. The number of unbranched alkanes of at least 4 members (excludes halogenated alkanes) is 1. The molecule has 0 aromatic heterocycles. The molecule has 3 rings (SSSR count). The first-order chi connectivity index (χ1) is 32.7. The number of nitrogens with one attached hydrogen (secondary N) is 6. The van der Waals surface area contributed by atoms with Crippen LogP contribution >= 0.6 is 0 Å². The summed E-state index contributed by atoms with van der Waals surface area (Å²) in [7, 11) is 0. The Morgan fingerprint density at radius 2 is 1.23 bits per heavy atom.